The van der Waals surface area contributed by atoms with Crippen molar-refractivity contribution in [2.45, 2.75) is 53.1 Å². The van der Waals surface area contributed by atoms with Crippen molar-refractivity contribution in [2.24, 2.45) is 5.41 Å². The molecule has 0 spiro atoms. The number of hydrogen-bond acceptors (Lipinski definition) is 2. The molecule has 2 nitrogen and oxygen atoms in total. The number of nitrogens with one attached hydrogen (secondary N) is 1. The highest BCUT2D eigenvalue weighted by molar-refractivity contribution is 6.30. The van der Waals surface area contributed by atoms with Crippen molar-refractivity contribution in [1.29, 1.82) is 0 Å². The van der Waals surface area contributed by atoms with E-state index in [0.29, 0.717) is 5.41 Å². The molecule has 0 aliphatic rings. The van der Waals surface area contributed by atoms with Gasteiger partial charge in [0.05, 0.1) is 7.11 Å². The minimum atomic E-state index is 0. The molecule has 1 aromatic rings. The van der Waals surface area contributed by atoms with E-state index in [-0.39, 0.29) is 17.9 Å². The SMILES string of the molecule is COc1ccc(Cl)cc1CNC(C)(C)CC(C)(C)C.Cl. The fourth-order valence-electron chi connectivity index (χ4n) is 2.61. The lowest BCUT2D eigenvalue weighted by molar-refractivity contribution is 0.240. The third-order valence-electron chi connectivity index (χ3n) is 2.97. The molecule has 20 heavy (non-hydrogen) atoms. The molecule has 116 valence electrons. The van der Waals surface area contributed by atoms with E-state index in [1.807, 2.05) is 18.2 Å². The highest BCUT2D eigenvalue weighted by atomic mass is 35.5. The summed E-state index contributed by atoms with van der Waals surface area (Å²) in [6.07, 6.45) is 1.10. The lowest BCUT2D eigenvalue weighted by atomic mass is 9.82. The summed E-state index contributed by atoms with van der Waals surface area (Å²) in [6, 6.07) is 5.72. The Labute approximate surface area is 134 Å². The molecule has 1 rings (SSSR count). The van der Waals surface area contributed by atoms with Gasteiger partial charge in [-0.1, -0.05) is 32.4 Å². The number of rotatable bonds is 5. The standard InChI is InChI=1S/C16H26ClNO.ClH/c1-15(2,3)11-16(4,5)18-10-12-9-13(17)7-8-14(12)19-6;/h7-9,18H,10-11H2,1-6H3;1H. The Balaban J connectivity index is 0.00000361. The Morgan fingerprint density at radius 1 is 1.15 bits per heavy atom. The smallest absolute Gasteiger partial charge is 0.123 e. The van der Waals surface area contributed by atoms with Crippen LogP contribution in [0.4, 0.5) is 0 Å². The molecule has 0 aliphatic carbocycles. The van der Waals surface area contributed by atoms with Crippen LogP contribution in [0.1, 0.15) is 46.6 Å². The molecule has 0 aliphatic heterocycles. The molecule has 0 aromatic heterocycles. The Morgan fingerprint density at radius 2 is 1.75 bits per heavy atom. The lowest BCUT2D eigenvalue weighted by Crippen LogP contribution is -2.41. The first-order valence-corrected chi connectivity index (χ1v) is 7.08. The zero-order chi connectivity index (χ0) is 14.7. The van der Waals surface area contributed by atoms with Crippen molar-refractivity contribution in [3.63, 3.8) is 0 Å². The van der Waals surface area contributed by atoms with E-state index in [1.165, 1.54) is 0 Å². The quantitative estimate of drug-likeness (QED) is 0.817. The lowest BCUT2D eigenvalue weighted by Gasteiger charge is -2.33. The van der Waals surface area contributed by atoms with Crippen molar-refractivity contribution in [2.75, 3.05) is 7.11 Å². The van der Waals surface area contributed by atoms with Crippen molar-refractivity contribution in [3.05, 3.63) is 28.8 Å². The molecule has 0 saturated heterocycles. The van der Waals surface area contributed by atoms with Gasteiger partial charge in [0.15, 0.2) is 0 Å². The number of halogens is 2. The largest absolute Gasteiger partial charge is 0.496 e. The Morgan fingerprint density at radius 3 is 2.25 bits per heavy atom. The van der Waals surface area contributed by atoms with E-state index in [2.05, 4.69) is 39.9 Å². The average Bonchev–Trinajstić information content (AvgIpc) is 2.23. The number of ether oxygens (including phenoxy) is 1. The van der Waals surface area contributed by atoms with Crippen molar-refractivity contribution in [3.8, 4) is 5.75 Å². The van der Waals surface area contributed by atoms with Crippen LogP contribution in [0.25, 0.3) is 0 Å². The van der Waals surface area contributed by atoms with Crippen LogP contribution < -0.4 is 10.1 Å². The Hall–Kier alpha value is -0.440. The fourth-order valence-corrected chi connectivity index (χ4v) is 2.80. The first-order chi connectivity index (χ1) is 8.63. The van der Waals surface area contributed by atoms with Crippen LogP contribution in [0.5, 0.6) is 5.75 Å². The van der Waals surface area contributed by atoms with E-state index in [9.17, 15) is 0 Å². The monoisotopic (exact) mass is 319 g/mol. The minimum Gasteiger partial charge on any atom is -0.496 e. The van der Waals surface area contributed by atoms with Gasteiger partial charge >= 0.3 is 0 Å². The Bertz CT molecular complexity index is 425. The zero-order valence-corrected chi connectivity index (χ0v) is 14.9. The summed E-state index contributed by atoms with van der Waals surface area (Å²) < 4.78 is 5.37. The van der Waals surface area contributed by atoms with Gasteiger partial charge in [0, 0.05) is 22.7 Å². The van der Waals surface area contributed by atoms with E-state index in [0.717, 1.165) is 29.3 Å². The molecule has 0 bridgehead atoms. The van der Waals surface area contributed by atoms with Gasteiger partial charge in [-0.25, -0.2) is 0 Å². The predicted octanol–water partition coefficient (Wildman–Crippen LogP) is 5.07. The molecule has 1 N–H and O–H groups in total. The summed E-state index contributed by atoms with van der Waals surface area (Å²) >= 11 is 6.05. The summed E-state index contributed by atoms with van der Waals surface area (Å²) in [5.41, 5.74) is 1.47. The first kappa shape index (κ1) is 19.6. The van der Waals surface area contributed by atoms with E-state index in [4.69, 9.17) is 16.3 Å². The topological polar surface area (TPSA) is 21.3 Å². The zero-order valence-electron chi connectivity index (χ0n) is 13.3. The third-order valence-corrected chi connectivity index (χ3v) is 3.21. The second-order valence-electron chi connectivity index (χ2n) is 6.93. The molecule has 1 aromatic carbocycles. The maximum absolute atomic E-state index is 6.05. The summed E-state index contributed by atoms with van der Waals surface area (Å²) in [6.45, 7) is 12.0. The second-order valence-corrected chi connectivity index (χ2v) is 7.37. The molecule has 4 heteroatoms. The van der Waals surface area contributed by atoms with Gasteiger partial charge in [-0.05, 0) is 43.9 Å². The van der Waals surface area contributed by atoms with Crippen LogP contribution in [0.15, 0.2) is 18.2 Å². The number of hydrogen-bond donors (Lipinski definition) is 1. The minimum absolute atomic E-state index is 0. The number of benzene rings is 1. The van der Waals surface area contributed by atoms with Crippen LogP contribution in [0, 0.1) is 5.41 Å². The summed E-state index contributed by atoms with van der Waals surface area (Å²) in [4.78, 5) is 0. The van der Waals surface area contributed by atoms with Gasteiger partial charge in [0.1, 0.15) is 5.75 Å². The molecule has 0 saturated carbocycles. The molecular weight excluding hydrogens is 293 g/mol. The molecular formula is C16H27Cl2NO. The number of methoxy groups -OCH3 is 1. The van der Waals surface area contributed by atoms with Gasteiger partial charge in [0.25, 0.3) is 0 Å². The maximum atomic E-state index is 6.05. The highest BCUT2D eigenvalue weighted by Gasteiger charge is 2.25. The van der Waals surface area contributed by atoms with Crippen molar-refractivity contribution in [1.82, 2.24) is 5.32 Å². The van der Waals surface area contributed by atoms with Crippen LogP contribution in [0.3, 0.4) is 0 Å². The Kier molecular flexibility index (Phi) is 7.37. The van der Waals surface area contributed by atoms with Crippen LogP contribution in [-0.2, 0) is 6.54 Å². The summed E-state index contributed by atoms with van der Waals surface area (Å²) in [5.74, 6) is 0.878. The van der Waals surface area contributed by atoms with Gasteiger partial charge in [-0.15, -0.1) is 12.4 Å². The van der Waals surface area contributed by atoms with Crippen molar-refractivity contribution >= 4 is 24.0 Å². The molecule has 0 radical (unpaired) electrons. The molecule has 0 amide bonds. The van der Waals surface area contributed by atoms with Gasteiger partial charge in [-0.3, -0.25) is 0 Å². The normalized spacial score (nSPS) is 11.9. The highest BCUT2D eigenvalue weighted by Crippen LogP contribution is 2.28. The molecule has 0 heterocycles. The molecule has 0 fully saturated rings. The van der Waals surface area contributed by atoms with Gasteiger partial charge in [0.2, 0.25) is 0 Å². The maximum Gasteiger partial charge on any atom is 0.123 e. The first-order valence-electron chi connectivity index (χ1n) is 6.70. The molecule has 0 atom stereocenters. The van der Waals surface area contributed by atoms with E-state index >= 15 is 0 Å². The summed E-state index contributed by atoms with van der Waals surface area (Å²) in [7, 11) is 1.69. The van der Waals surface area contributed by atoms with Crippen LogP contribution >= 0.6 is 24.0 Å². The van der Waals surface area contributed by atoms with Crippen LogP contribution in [0.2, 0.25) is 5.02 Å². The second kappa shape index (κ2) is 7.53. The van der Waals surface area contributed by atoms with Gasteiger partial charge in [-0.2, -0.15) is 0 Å². The van der Waals surface area contributed by atoms with E-state index in [1.54, 1.807) is 7.11 Å². The fraction of sp³-hybridized carbons (Fsp3) is 0.625. The van der Waals surface area contributed by atoms with Gasteiger partial charge < -0.3 is 10.1 Å². The third kappa shape index (κ3) is 6.83. The molecule has 0 unspecified atom stereocenters. The summed E-state index contributed by atoms with van der Waals surface area (Å²) in [5, 5.41) is 4.34. The van der Waals surface area contributed by atoms with E-state index < -0.39 is 0 Å². The van der Waals surface area contributed by atoms with Crippen molar-refractivity contribution < 1.29 is 4.74 Å². The predicted molar refractivity (Wildman–Crippen MR) is 90.2 cm³/mol. The van der Waals surface area contributed by atoms with Crippen LogP contribution in [-0.4, -0.2) is 12.6 Å². The average molecular weight is 320 g/mol.